The summed E-state index contributed by atoms with van der Waals surface area (Å²) in [6.07, 6.45) is 1.15. The normalized spacial score (nSPS) is 35.4. The van der Waals surface area contributed by atoms with Crippen LogP contribution in [0.3, 0.4) is 0 Å². The molecule has 0 amide bonds. The maximum Gasteiger partial charge on any atom is 0.334 e. The van der Waals surface area contributed by atoms with Crippen LogP contribution in [0.2, 0.25) is 0 Å². The molecule has 2 aliphatic rings. The van der Waals surface area contributed by atoms with E-state index in [2.05, 4.69) is 19.7 Å². The number of ether oxygens (including phenoxy) is 2. The van der Waals surface area contributed by atoms with Crippen molar-refractivity contribution in [2.24, 2.45) is 23.2 Å². The smallest absolute Gasteiger partial charge is 0.334 e. The van der Waals surface area contributed by atoms with E-state index in [9.17, 15) is 14.7 Å². The van der Waals surface area contributed by atoms with Crippen LogP contribution in [-0.4, -0.2) is 35.9 Å². The Kier molecular flexibility index (Phi) is 5.04. The minimum atomic E-state index is -0.564. The van der Waals surface area contributed by atoms with E-state index in [1.54, 1.807) is 19.9 Å². The number of aliphatic hydroxyl groups excluding tert-OH is 1. The molecule has 0 aromatic carbocycles. The van der Waals surface area contributed by atoms with E-state index >= 15 is 0 Å². The zero-order valence-corrected chi connectivity index (χ0v) is 14.6. The summed E-state index contributed by atoms with van der Waals surface area (Å²) in [5, 5.41) is 9.57. The van der Waals surface area contributed by atoms with E-state index in [4.69, 9.17) is 9.47 Å². The Hall–Kier alpha value is -1.88. The first-order valence-corrected chi connectivity index (χ1v) is 8.18. The lowest BCUT2D eigenvalue weighted by Crippen LogP contribution is -2.52. The van der Waals surface area contributed by atoms with Crippen LogP contribution >= 0.6 is 0 Å². The van der Waals surface area contributed by atoms with Crippen LogP contribution in [0.5, 0.6) is 0 Å². The van der Waals surface area contributed by atoms with E-state index in [-0.39, 0.29) is 24.4 Å². The molecule has 1 aliphatic heterocycles. The molecule has 132 valence electrons. The number of allylic oxidation sites excluding steroid dienone is 1. The van der Waals surface area contributed by atoms with Gasteiger partial charge in [-0.1, -0.05) is 40.0 Å². The molecule has 1 N–H and O–H groups in total. The predicted molar refractivity (Wildman–Crippen MR) is 89.9 cm³/mol. The number of carbonyl (C=O) groups is 2. The summed E-state index contributed by atoms with van der Waals surface area (Å²) >= 11 is 0. The predicted octanol–water partition coefficient (Wildman–Crippen LogP) is 2.41. The summed E-state index contributed by atoms with van der Waals surface area (Å²) < 4.78 is 11.2. The number of fused-ring (bicyclic) bond motifs is 1. The summed E-state index contributed by atoms with van der Waals surface area (Å²) in [6, 6.07) is 0. The van der Waals surface area contributed by atoms with Crippen molar-refractivity contribution in [3.63, 3.8) is 0 Å². The highest BCUT2D eigenvalue weighted by molar-refractivity contribution is 5.91. The first kappa shape index (κ1) is 18.5. The minimum absolute atomic E-state index is 0.211. The summed E-state index contributed by atoms with van der Waals surface area (Å²) in [5.74, 6) is -1.81. The van der Waals surface area contributed by atoms with Crippen molar-refractivity contribution in [3.05, 3.63) is 37.0 Å². The average molecular weight is 334 g/mol. The second-order valence-corrected chi connectivity index (χ2v) is 7.26. The summed E-state index contributed by atoms with van der Waals surface area (Å²) in [4.78, 5) is 24.2. The fraction of sp³-hybridized carbons (Fsp3) is 0.579. The Labute approximate surface area is 143 Å². The van der Waals surface area contributed by atoms with Crippen LogP contribution in [0.25, 0.3) is 0 Å². The fourth-order valence-corrected chi connectivity index (χ4v) is 3.79. The molecule has 0 aromatic heterocycles. The molecule has 1 saturated heterocycles. The topological polar surface area (TPSA) is 72.8 Å². The molecule has 1 heterocycles. The van der Waals surface area contributed by atoms with Crippen LogP contribution in [0.4, 0.5) is 0 Å². The Balaban J connectivity index is 2.44. The van der Waals surface area contributed by atoms with Crippen molar-refractivity contribution in [1.29, 1.82) is 0 Å². The van der Waals surface area contributed by atoms with Crippen LogP contribution in [-0.2, 0) is 19.1 Å². The van der Waals surface area contributed by atoms with E-state index in [0.717, 1.165) is 0 Å². The highest BCUT2D eigenvalue weighted by atomic mass is 16.6. The molecule has 1 aliphatic carbocycles. The third kappa shape index (κ3) is 2.93. The quantitative estimate of drug-likeness (QED) is 0.475. The van der Waals surface area contributed by atoms with Gasteiger partial charge in [0.1, 0.15) is 12.2 Å². The number of aliphatic hydroxyl groups is 1. The monoisotopic (exact) mass is 334 g/mol. The van der Waals surface area contributed by atoms with Crippen molar-refractivity contribution in [1.82, 2.24) is 0 Å². The zero-order chi connectivity index (χ0) is 18.2. The van der Waals surface area contributed by atoms with Crippen molar-refractivity contribution in [2.45, 2.75) is 39.4 Å². The lowest BCUT2D eigenvalue weighted by Gasteiger charge is -2.48. The lowest BCUT2D eigenvalue weighted by molar-refractivity contribution is -0.166. The number of hydrogen-bond acceptors (Lipinski definition) is 5. The molecule has 5 nitrogen and oxygen atoms in total. The van der Waals surface area contributed by atoms with E-state index in [0.29, 0.717) is 17.6 Å². The van der Waals surface area contributed by atoms with E-state index in [1.165, 1.54) is 0 Å². The fourth-order valence-electron chi connectivity index (χ4n) is 3.79. The first-order chi connectivity index (χ1) is 11.2. The maximum atomic E-state index is 12.1. The largest absolute Gasteiger partial charge is 0.461 e. The second kappa shape index (κ2) is 6.55. The molecule has 0 bridgehead atoms. The van der Waals surface area contributed by atoms with Crippen LogP contribution in [0, 0.1) is 23.2 Å². The highest BCUT2D eigenvalue weighted by Crippen LogP contribution is 2.53. The minimum Gasteiger partial charge on any atom is -0.461 e. The molecule has 0 spiro atoms. The Bertz CT molecular complexity index is 591. The van der Waals surface area contributed by atoms with Crippen molar-refractivity contribution < 1.29 is 24.2 Å². The Morgan fingerprint density at radius 2 is 2.17 bits per heavy atom. The molecule has 1 saturated carbocycles. The van der Waals surface area contributed by atoms with E-state index < -0.39 is 29.5 Å². The van der Waals surface area contributed by atoms with Gasteiger partial charge in [-0.15, -0.1) is 6.58 Å². The number of carbonyl (C=O) groups excluding carboxylic acids is 2. The van der Waals surface area contributed by atoms with Crippen LogP contribution in [0.15, 0.2) is 37.0 Å². The lowest BCUT2D eigenvalue weighted by atomic mass is 9.59. The molecule has 0 radical (unpaired) electrons. The molecule has 0 unspecified atom stereocenters. The molecule has 2 rings (SSSR count). The van der Waals surface area contributed by atoms with Crippen LogP contribution in [0.1, 0.15) is 27.2 Å². The van der Waals surface area contributed by atoms with Gasteiger partial charge in [0.2, 0.25) is 0 Å². The van der Waals surface area contributed by atoms with Crippen LogP contribution < -0.4 is 0 Å². The van der Waals surface area contributed by atoms with Gasteiger partial charge in [-0.3, -0.25) is 4.79 Å². The number of hydrogen-bond donors (Lipinski definition) is 1. The standard InChI is InChI=1S/C19H26O5/c1-7-19(6)8-13(23-17(21)10(2)3)14-12(5)18(22)24-16(14)15(19)11(4)9-20/h7,10,13-16,20H,1,4-5,8-9H2,2-3,6H3/t13-,14+,15+,16-,19+/m0/s1. The molecule has 5 heteroatoms. The second-order valence-electron chi connectivity index (χ2n) is 7.26. The molecule has 5 atom stereocenters. The van der Waals surface area contributed by atoms with Crippen molar-refractivity contribution in [2.75, 3.05) is 6.61 Å². The van der Waals surface area contributed by atoms with Gasteiger partial charge >= 0.3 is 11.9 Å². The molecule has 2 fully saturated rings. The van der Waals surface area contributed by atoms with Gasteiger partial charge in [0, 0.05) is 11.5 Å². The van der Waals surface area contributed by atoms with Gasteiger partial charge in [-0.25, -0.2) is 4.79 Å². The number of rotatable bonds is 5. The molecule has 24 heavy (non-hydrogen) atoms. The van der Waals surface area contributed by atoms with Crippen molar-refractivity contribution >= 4 is 11.9 Å². The molecular formula is C19H26O5. The Morgan fingerprint density at radius 1 is 1.54 bits per heavy atom. The van der Waals surface area contributed by atoms with Gasteiger partial charge < -0.3 is 14.6 Å². The third-order valence-corrected chi connectivity index (χ3v) is 5.19. The average Bonchev–Trinajstić information content (AvgIpc) is 2.81. The van der Waals surface area contributed by atoms with Gasteiger partial charge in [0.25, 0.3) is 0 Å². The van der Waals surface area contributed by atoms with Gasteiger partial charge in [-0.05, 0) is 17.4 Å². The van der Waals surface area contributed by atoms with Crippen molar-refractivity contribution in [3.8, 4) is 0 Å². The zero-order valence-electron chi connectivity index (χ0n) is 14.6. The third-order valence-electron chi connectivity index (χ3n) is 5.19. The van der Waals surface area contributed by atoms with Gasteiger partial charge in [-0.2, -0.15) is 0 Å². The summed E-state index contributed by atoms with van der Waals surface area (Å²) in [5.41, 5.74) is 0.361. The highest BCUT2D eigenvalue weighted by Gasteiger charge is 2.58. The van der Waals surface area contributed by atoms with E-state index in [1.807, 2.05) is 6.92 Å². The number of esters is 2. The summed E-state index contributed by atoms with van der Waals surface area (Å²) in [6.45, 7) is 16.9. The molecular weight excluding hydrogens is 308 g/mol. The Morgan fingerprint density at radius 3 is 2.67 bits per heavy atom. The first-order valence-electron chi connectivity index (χ1n) is 8.18. The molecule has 0 aromatic rings. The van der Waals surface area contributed by atoms with Gasteiger partial charge in [0.15, 0.2) is 0 Å². The SMILES string of the molecule is C=C[C@]1(C)C[C@H](OC(=O)C(C)C)[C@H]2C(=C)C(=O)O[C@@H]2[C@H]1C(=C)CO. The summed E-state index contributed by atoms with van der Waals surface area (Å²) in [7, 11) is 0. The maximum absolute atomic E-state index is 12.1. The van der Waals surface area contributed by atoms with Gasteiger partial charge in [0.05, 0.1) is 18.4 Å².